The number of nitro benzene ring substituents is 1. The normalized spacial score (nSPS) is 10.9. The van der Waals surface area contributed by atoms with Gasteiger partial charge in [0.05, 0.1) is 11.1 Å². The molecule has 10 nitrogen and oxygen atoms in total. The minimum absolute atomic E-state index is 0.0370. The van der Waals surface area contributed by atoms with Crippen molar-refractivity contribution < 1.29 is 28.8 Å². The SMILES string of the molecule is O=C(O)COc1ccc(/C=N\NC(=O)c2cc3cc([N+](=O)[O-])ccc3o2)cc1. The summed E-state index contributed by atoms with van der Waals surface area (Å²) in [6, 6.07) is 11.8. The topological polar surface area (TPSA) is 144 Å². The number of furan rings is 1. The summed E-state index contributed by atoms with van der Waals surface area (Å²) in [5.74, 6) is -1.34. The number of nitrogens with one attached hydrogen (secondary N) is 1. The molecule has 1 heterocycles. The molecule has 0 bridgehead atoms. The van der Waals surface area contributed by atoms with Gasteiger partial charge in [0.15, 0.2) is 12.4 Å². The van der Waals surface area contributed by atoms with Crippen molar-refractivity contribution in [3.8, 4) is 5.75 Å². The second kappa shape index (κ2) is 7.99. The fraction of sp³-hybridized carbons (Fsp3) is 0.0556. The monoisotopic (exact) mass is 383 g/mol. The van der Waals surface area contributed by atoms with Crippen LogP contribution in [0.4, 0.5) is 5.69 Å². The van der Waals surface area contributed by atoms with Crippen LogP contribution >= 0.6 is 0 Å². The Morgan fingerprint density at radius 1 is 1.21 bits per heavy atom. The number of amides is 1. The lowest BCUT2D eigenvalue weighted by atomic mass is 10.2. The highest BCUT2D eigenvalue weighted by Crippen LogP contribution is 2.24. The number of carboxylic acids is 1. The Morgan fingerprint density at radius 2 is 1.96 bits per heavy atom. The molecule has 0 radical (unpaired) electrons. The summed E-state index contributed by atoms with van der Waals surface area (Å²) in [4.78, 5) is 32.8. The number of nitro groups is 1. The minimum atomic E-state index is -1.08. The van der Waals surface area contributed by atoms with Crippen LogP contribution in [0, 0.1) is 10.1 Å². The maximum atomic E-state index is 12.1. The van der Waals surface area contributed by atoms with E-state index in [0.29, 0.717) is 22.3 Å². The second-order valence-corrected chi connectivity index (χ2v) is 5.54. The molecule has 3 rings (SSSR count). The second-order valence-electron chi connectivity index (χ2n) is 5.54. The van der Waals surface area contributed by atoms with E-state index in [9.17, 15) is 19.7 Å². The number of hydrogen-bond donors (Lipinski definition) is 2. The van der Waals surface area contributed by atoms with Crippen molar-refractivity contribution in [2.75, 3.05) is 6.61 Å². The molecule has 0 aliphatic rings. The van der Waals surface area contributed by atoms with Gasteiger partial charge < -0.3 is 14.3 Å². The number of carbonyl (C=O) groups is 2. The van der Waals surface area contributed by atoms with Crippen LogP contribution in [0.3, 0.4) is 0 Å². The molecule has 0 spiro atoms. The van der Waals surface area contributed by atoms with E-state index in [-0.39, 0.29) is 11.4 Å². The fourth-order valence-corrected chi connectivity index (χ4v) is 2.27. The average molecular weight is 383 g/mol. The summed E-state index contributed by atoms with van der Waals surface area (Å²) in [7, 11) is 0. The van der Waals surface area contributed by atoms with Crippen molar-refractivity contribution in [3.05, 3.63) is 70.0 Å². The molecule has 0 unspecified atom stereocenters. The number of nitrogens with zero attached hydrogens (tertiary/aromatic N) is 2. The summed E-state index contributed by atoms with van der Waals surface area (Å²) in [5.41, 5.74) is 3.18. The van der Waals surface area contributed by atoms with Crippen LogP contribution in [0.1, 0.15) is 16.1 Å². The largest absolute Gasteiger partial charge is 0.482 e. The number of hydrogen-bond acceptors (Lipinski definition) is 7. The minimum Gasteiger partial charge on any atom is -0.482 e. The number of ether oxygens (including phenoxy) is 1. The van der Waals surface area contributed by atoms with E-state index >= 15 is 0 Å². The standard InChI is InChI=1S/C18H13N3O7/c22-17(23)10-27-14-4-1-11(2-5-14)9-19-20-18(24)16-8-12-7-13(21(25)26)3-6-15(12)28-16/h1-9H,10H2,(H,20,24)(H,22,23)/b19-9-. The van der Waals surface area contributed by atoms with Crippen LogP contribution in [-0.4, -0.2) is 34.7 Å². The Morgan fingerprint density at radius 3 is 2.64 bits per heavy atom. The molecule has 142 valence electrons. The molecule has 1 amide bonds. The van der Waals surface area contributed by atoms with E-state index in [0.717, 1.165) is 0 Å². The van der Waals surface area contributed by atoms with E-state index in [2.05, 4.69) is 10.5 Å². The summed E-state index contributed by atoms with van der Waals surface area (Å²) >= 11 is 0. The van der Waals surface area contributed by atoms with Gasteiger partial charge >= 0.3 is 11.9 Å². The van der Waals surface area contributed by atoms with Crippen LogP contribution in [0.25, 0.3) is 11.0 Å². The first-order valence-electron chi connectivity index (χ1n) is 7.88. The zero-order chi connectivity index (χ0) is 20.1. The van der Waals surface area contributed by atoms with E-state index in [1.165, 1.54) is 30.5 Å². The lowest BCUT2D eigenvalue weighted by Gasteiger charge is -2.02. The van der Waals surface area contributed by atoms with Crippen LogP contribution in [0.5, 0.6) is 5.75 Å². The lowest BCUT2D eigenvalue weighted by Crippen LogP contribution is -2.16. The highest BCUT2D eigenvalue weighted by Gasteiger charge is 2.14. The van der Waals surface area contributed by atoms with Crippen molar-refractivity contribution in [2.45, 2.75) is 0 Å². The Hall–Kier alpha value is -4.21. The third-order valence-corrected chi connectivity index (χ3v) is 3.56. The van der Waals surface area contributed by atoms with Gasteiger partial charge in [-0.25, -0.2) is 10.2 Å². The van der Waals surface area contributed by atoms with E-state index in [4.69, 9.17) is 14.3 Å². The van der Waals surface area contributed by atoms with Gasteiger partial charge in [-0.3, -0.25) is 14.9 Å². The maximum Gasteiger partial charge on any atom is 0.341 e. The zero-order valence-electron chi connectivity index (χ0n) is 14.2. The first-order chi connectivity index (χ1) is 13.4. The molecule has 0 saturated heterocycles. The molecule has 1 aromatic heterocycles. The fourth-order valence-electron chi connectivity index (χ4n) is 2.27. The van der Waals surface area contributed by atoms with Gasteiger partial charge in [-0.15, -0.1) is 0 Å². The molecule has 0 saturated carbocycles. The van der Waals surface area contributed by atoms with Crippen molar-refractivity contribution >= 4 is 34.7 Å². The molecule has 0 fully saturated rings. The molecule has 3 aromatic rings. The summed E-state index contributed by atoms with van der Waals surface area (Å²) in [6.45, 7) is -0.440. The number of hydrazone groups is 1. The first-order valence-corrected chi connectivity index (χ1v) is 7.88. The van der Waals surface area contributed by atoms with Crippen molar-refractivity contribution in [1.82, 2.24) is 5.43 Å². The lowest BCUT2D eigenvalue weighted by molar-refractivity contribution is -0.384. The van der Waals surface area contributed by atoms with Crippen molar-refractivity contribution in [1.29, 1.82) is 0 Å². The molecule has 28 heavy (non-hydrogen) atoms. The molecular formula is C18H13N3O7. The first kappa shape index (κ1) is 18.6. The molecule has 0 atom stereocenters. The van der Waals surface area contributed by atoms with Crippen LogP contribution in [-0.2, 0) is 4.79 Å². The zero-order valence-corrected chi connectivity index (χ0v) is 14.2. The molecule has 0 aliphatic carbocycles. The van der Waals surface area contributed by atoms with Gasteiger partial charge in [0.1, 0.15) is 11.3 Å². The third-order valence-electron chi connectivity index (χ3n) is 3.56. The predicted octanol–water partition coefficient (Wildman–Crippen LogP) is 2.57. The molecular weight excluding hydrogens is 370 g/mol. The molecule has 0 aliphatic heterocycles. The summed E-state index contributed by atoms with van der Waals surface area (Å²) in [5, 5.41) is 23.6. The van der Waals surface area contributed by atoms with Gasteiger partial charge in [0.25, 0.3) is 5.69 Å². The Labute approximate surface area is 157 Å². The highest BCUT2D eigenvalue weighted by atomic mass is 16.6. The highest BCUT2D eigenvalue weighted by molar-refractivity contribution is 5.97. The van der Waals surface area contributed by atoms with Crippen molar-refractivity contribution in [2.24, 2.45) is 5.10 Å². The molecule has 2 aromatic carbocycles. The number of carbonyl (C=O) groups excluding carboxylic acids is 1. The maximum absolute atomic E-state index is 12.1. The van der Waals surface area contributed by atoms with E-state index in [1.54, 1.807) is 24.3 Å². The van der Waals surface area contributed by atoms with Gasteiger partial charge in [-0.05, 0) is 42.0 Å². The Balaban J connectivity index is 1.62. The number of rotatable bonds is 7. The average Bonchev–Trinajstić information content (AvgIpc) is 3.10. The number of carboxylic acid groups (broad SMARTS) is 1. The van der Waals surface area contributed by atoms with Crippen LogP contribution in [0.15, 0.2) is 58.0 Å². The van der Waals surface area contributed by atoms with Crippen LogP contribution < -0.4 is 10.2 Å². The Bertz CT molecular complexity index is 1070. The number of fused-ring (bicyclic) bond motifs is 1. The molecule has 10 heteroatoms. The van der Waals surface area contributed by atoms with Gasteiger partial charge in [0, 0.05) is 17.5 Å². The van der Waals surface area contributed by atoms with Gasteiger partial charge in [-0.2, -0.15) is 5.10 Å². The van der Waals surface area contributed by atoms with Crippen LogP contribution in [0.2, 0.25) is 0 Å². The summed E-state index contributed by atoms with van der Waals surface area (Å²) < 4.78 is 10.4. The number of non-ortho nitro benzene ring substituents is 1. The number of benzene rings is 2. The van der Waals surface area contributed by atoms with Crippen molar-refractivity contribution in [3.63, 3.8) is 0 Å². The predicted molar refractivity (Wildman–Crippen MR) is 97.5 cm³/mol. The summed E-state index contributed by atoms with van der Waals surface area (Å²) in [6.07, 6.45) is 1.38. The smallest absolute Gasteiger partial charge is 0.341 e. The van der Waals surface area contributed by atoms with E-state index in [1.807, 2.05) is 0 Å². The van der Waals surface area contributed by atoms with Gasteiger partial charge in [0.2, 0.25) is 0 Å². The van der Waals surface area contributed by atoms with E-state index < -0.39 is 23.4 Å². The Kier molecular flexibility index (Phi) is 5.30. The van der Waals surface area contributed by atoms with Gasteiger partial charge in [-0.1, -0.05) is 0 Å². The molecule has 2 N–H and O–H groups in total. The quantitative estimate of drug-likeness (QED) is 0.362. The third kappa shape index (κ3) is 4.49. The number of aliphatic carboxylic acids is 1.